The number of aliphatic hydroxyl groups is 1. The summed E-state index contributed by atoms with van der Waals surface area (Å²) in [5, 5.41) is 16.4. The summed E-state index contributed by atoms with van der Waals surface area (Å²) in [6, 6.07) is 9.65. The average Bonchev–Trinajstić information content (AvgIpc) is 2.48. The standard InChI is InChI=1S/C15H25N3O2.HI/c1-3-16-15(18-11-12-20-2)17-10-9-14(19)13-7-5-4-6-8-13;/h4-8,14,19H,3,9-12H2,1-2H3,(H2,16,17,18);1H. The second-order valence-corrected chi connectivity index (χ2v) is 4.40. The number of aliphatic imine (C=N–C) groups is 1. The number of nitrogens with one attached hydrogen (secondary N) is 2. The van der Waals surface area contributed by atoms with Crippen LogP contribution in [-0.2, 0) is 4.74 Å². The van der Waals surface area contributed by atoms with Crippen LogP contribution in [0.25, 0.3) is 0 Å². The predicted molar refractivity (Wildman–Crippen MR) is 97.3 cm³/mol. The second-order valence-electron chi connectivity index (χ2n) is 4.40. The Bertz CT molecular complexity index is 388. The largest absolute Gasteiger partial charge is 0.388 e. The van der Waals surface area contributed by atoms with Gasteiger partial charge in [-0.25, -0.2) is 0 Å². The van der Waals surface area contributed by atoms with Crippen LogP contribution in [0.4, 0.5) is 0 Å². The quantitative estimate of drug-likeness (QED) is 0.267. The van der Waals surface area contributed by atoms with E-state index in [4.69, 9.17) is 4.74 Å². The van der Waals surface area contributed by atoms with Gasteiger partial charge in [-0.2, -0.15) is 0 Å². The van der Waals surface area contributed by atoms with Gasteiger partial charge in [0, 0.05) is 26.7 Å². The number of halogens is 1. The van der Waals surface area contributed by atoms with E-state index in [0.29, 0.717) is 26.1 Å². The van der Waals surface area contributed by atoms with Crippen LogP contribution in [0.15, 0.2) is 35.3 Å². The van der Waals surface area contributed by atoms with E-state index in [2.05, 4.69) is 15.6 Å². The Morgan fingerprint density at radius 1 is 1.29 bits per heavy atom. The van der Waals surface area contributed by atoms with E-state index < -0.39 is 6.10 Å². The maximum absolute atomic E-state index is 10.0. The van der Waals surface area contributed by atoms with E-state index in [-0.39, 0.29) is 24.0 Å². The fourth-order valence-corrected chi connectivity index (χ4v) is 1.75. The molecule has 21 heavy (non-hydrogen) atoms. The predicted octanol–water partition coefficient (Wildman–Crippen LogP) is 1.93. The summed E-state index contributed by atoms with van der Waals surface area (Å²) >= 11 is 0. The lowest BCUT2D eigenvalue weighted by atomic mass is 10.1. The molecule has 0 aliphatic carbocycles. The summed E-state index contributed by atoms with van der Waals surface area (Å²) in [6.45, 7) is 4.74. The first-order valence-corrected chi connectivity index (χ1v) is 7.02. The maximum atomic E-state index is 10.0. The smallest absolute Gasteiger partial charge is 0.191 e. The molecule has 120 valence electrons. The first kappa shape index (κ1) is 20.1. The van der Waals surface area contributed by atoms with E-state index in [1.165, 1.54) is 0 Å². The molecule has 0 aromatic heterocycles. The van der Waals surface area contributed by atoms with Gasteiger partial charge in [-0.05, 0) is 18.9 Å². The number of nitrogens with zero attached hydrogens (tertiary/aromatic N) is 1. The van der Waals surface area contributed by atoms with Gasteiger partial charge in [0.05, 0.1) is 12.7 Å². The van der Waals surface area contributed by atoms with Gasteiger partial charge < -0.3 is 20.5 Å². The lowest BCUT2D eigenvalue weighted by Crippen LogP contribution is -2.39. The summed E-state index contributed by atoms with van der Waals surface area (Å²) in [4.78, 5) is 4.43. The fraction of sp³-hybridized carbons (Fsp3) is 0.533. The highest BCUT2D eigenvalue weighted by Crippen LogP contribution is 2.15. The van der Waals surface area contributed by atoms with Gasteiger partial charge in [0.25, 0.3) is 0 Å². The molecule has 0 bridgehead atoms. The zero-order valence-electron chi connectivity index (χ0n) is 12.7. The van der Waals surface area contributed by atoms with Gasteiger partial charge >= 0.3 is 0 Å². The van der Waals surface area contributed by atoms with Gasteiger partial charge in [0.15, 0.2) is 5.96 Å². The minimum atomic E-state index is -0.471. The highest BCUT2D eigenvalue weighted by atomic mass is 127. The molecule has 0 radical (unpaired) electrons. The lowest BCUT2D eigenvalue weighted by Gasteiger charge is -2.12. The monoisotopic (exact) mass is 407 g/mol. The Hall–Kier alpha value is -0.860. The molecular weight excluding hydrogens is 381 g/mol. The van der Waals surface area contributed by atoms with Crippen LogP contribution in [0.2, 0.25) is 0 Å². The van der Waals surface area contributed by atoms with Crippen molar-refractivity contribution in [3.8, 4) is 0 Å². The number of guanidine groups is 1. The number of aliphatic hydroxyl groups excluding tert-OH is 1. The van der Waals surface area contributed by atoms with Crippen LogP contribution in [0, 0.1) is 0 Å². The summed E-state index contributed by atoms with van der Waals surface area (Å²) < 4.78 is 4.99. The topological polar surface area (TPSA) is 65.9 Å². The zero-order valence-corrected chi connectivity index (χ0v) is 15.0. The molecule has 0 saturated heterocycles. The number of benzene rings is 1. The van der Waals surface area contributed by atoms with Crippen LogP contribution in [0.1, 0.15) is 25.0 Å². The SMILES string of the molecule is CCNC(=NCCC(O)c1ccccc1)NCCOC.I. The Balaban J connectivity index is 0.00000400. The molecule has 0 spiro atoms. The molecule has 6 heteroatoms. The van der Waals surface area contributed by atoms with Gasteiger partial charge in [0.1, 0.15) is 0 Å². The normalized spacial score (nSPS) is 12.4. The van der Waals surface area contributed by atoms with Crippen molar-refractivity contribution in [3.63, 3.8) is 0 Å². The van der Waals surface area contributed by atoms with Crippen molar-refractivity contribution in [3.05, 3.63) is 35.9 Å². The summed E-state index contributed by atoms with van der Waals surface area (Å²) in [7, 11) is 1.67. The molecule has 1 aromatic rings. The number of ether oxygens (including phenoxy) is 1. The number of rotatable bonds is 8. The second kappa shape index (κ2) is 12.8. The average molecular weight is 407 g/mol. The molecule has 0 aliphatic heterocycles. The molecular formula is C15H26IN3O2. The van der Waals surface area contributed by atoms with E-state index in [1.807, 2.05) is 37.3 Å². The molecule has 3 N–H and O–H groups in total. The van der Waals surface area contributed by atoms with Gasteiger partial charge in [-0.15, -0.1) is 24.0 Å². The highest BCUT2D eigenvalue weighted by molar-refractivity contribution is 14.0. The van der Waals surface area contributed by atoms with Crippen molar-refractivity contribution in [2.24, 2.45) is 4.99 Å². The summed E-state index contributed by atoms with van der Waals surface area (Å²) in [5.41, 5.74) is 0.931. The van der Waals surface area contributed by atoms with Crippen LogP contribution < -0.4 is 10.6 Å². The highest BCUT2D eigenvalue weighted by Gasteiger charge is 2.06. The molecule has 5 nitrogen and oxygen atoms in total. The van der Waals surface area contributed by atoms with E-state index >= 15 is 0 Å². The molecule has 0 saturated carbocycles. The number of methoxy groups -OCH3 is 1. The van der Waals surface area contributed by atoms with Gasteiger partial charge in [-0.1, -0.05) is 30.3 Å². The zero-order chi connectivity index (χ0) is 14.6. The van der Waals surface area contributed by atoms with E-state index in [0.717, 1.165) is 18.1 Å². The third-order valence-electron chi connectivity index (χ3n) is 2.80. The lowest BCUT2D eigenvalue weighted by molar-refractivity contribution is 0.170. The molecule has 0 heterocycles. The third kappa shape index (κ3) is 8.90. The Labute approximate surface area is 144 Å². The molecule has 1 unspecified atom stereocenters. The van der Waals surface area contributed by atoms with Crippen LogP contribution >= 0.6 is 24.0 Å². The molecule has 1 rings (SSSR count). The Kier molecular flexibility index (Phi) is 12.3. The van der Waals surface area contributed by atoms with Crippen molar-refractivity contribution in [2.75, 3.05) is 33.4 Å². The Morgan fingerprint density at radius 2 is 2.00 bits per heavy atom. The Morgan fingerprint density at radius 3 is 2.62 bits per heavy atom. The first-order valence-electron chi connectivity index (χ1n) is 7.02. The molecule has 1 aromatic carbocycles. The van der Waals surface area contributed by atoms with Crippen LogP contribution in [-0.4, -0.2) is 44.4 Å². The molecule has 0 amide bonds. The number of hydrogen-bond donors (Lipinski definition) is 3. The first-order chi connectivity index (χ1) is 9.77. The number of hydrogen-bond acceptors (Lipinski definition) is 3. The van der Waals surface area contributed by atoms with Gasteiger partial charge in [-0.3, -0.25) is 4.99 Å². The fourth-order valence-electron chi connectivity index (χ4n) is 1.75. The van der Waals surface area contributed by atoms with Gasteiger partial charge in [0.2, 0.25) is 0 Å². The molecule has 1 atom stereocenters. The molecule has 0 aliphatic rings. The van der Waals surface area contributed by atoms with Crippen molar-refractivity contribution in [1.82, 2.24) is 10.6 Å². The minimum absolute atomic E-state index is 0. The molecule has 0 fully saturated rings. The van der Waals surface area contributed by atoms with Crippen molar-refractivity contribution >= 4 is 29.9 Å². The maximum Gasteiger partial charge on any atom is 0.191 e. The van der Waals surface area contributed by atoms with Crippen molar-refractivity contribution in [2.45, 2.75) is 19.4 Å². The van der Waals surface area contributed by atoms with Crippen LogP contribution in [0.3, 0.4) is 0 Å². The minimum Gasteiger partial charge on any atom is -0.388 e. The summed E-state index contributed by atoms with van der Waals surface area (Å²) in [5.74, 6) is 0.754. The summed E-state index contributed by atoms with van der Waals surface area (Å²) in [6.07, 6.45) is 0.131. The van der Waals surface area contributed by atoms with Crippen molar-refractivity contribution < 1.29 is 9.84 Å². The van der Waals surface area contributed by atoms with Crippen LogP contribution in [0.5, 0.6) is 0 Å². The van der Waals surface area contributed by atoms with E-state index in [1.54, 1.807) is 7.11 Å². The van der Waals surface area contributed by atoms with Crippen molar-refractivity contribution in [1.29, 1.82) is 0 Å². The third-order valence-corrected chi connectivity index (χ3v) is 2.80. The van der Waals surface area contributed by atoms with E-state index in [9.17, 15) is 5.11 Å².